The molecule has 3 atom stereocenters. The number of carbonyl (C=O) groups excluding carboxylic acids is 1. The van der Waals surface area contributed by atoms with Crippen LogP contribution in [0.25, 0.3) is 0 Å². The molecule has 0 aliphatic carbocycles. The summed E-state index contributed by atoms with van der Waals surface area (Å²) in [5.74, 6) is 0.587. The number of carbonyl (C=O) groups is 1. The van der Waals surface area contributed by atoms with Crippen LogP contribution >= 0.6 is 24.0 Å². The van der Waals surface area contributed by atoms with E-state index in [4.69, 9.17) is 11.6 Å². The van der Waals surface area contributed by atoms with E-state index in [1.807, 2.05) is 23.1 Å². The van der Waals surface area contributed by atoms with Crippen LogP contribution in [0.3, 0.4) is 0 Å². The van der Waals surface area contributed by atoms with Crippen molar-refractivity contribution < 1.29 is 4.79 Å². The molecular formula is C18H27Cl2N5O. The molecule has 1 aromatic carbocycles. The van der Waals surface area contributed by atoms with Crippen LogP contribution in [-0.2, 0) is 11.3 Å². The van der Waals surface area contributed by atoms with Gasteiger partial charge in [-0.15, -0.1) is 12.4 Å². The third-order valence-corrected chi connectivity index (χ3v) is 6.05. The fourth-order valence-electron chi connectivity index (χ4n) is 4.15. The van der Waals surface area contributed by atoms with Gasteiger partial charge in [0.2, 0.25) is 5.91 Å². The molecule has 4 rings (SSSR count). The highest BCUT2D eigenvalue weighted by Crippen LogP contribution is 2.22. The van der Waals surface area contributed by atoms with E-state index in [0.29, 0.717) is 12.0 Å². The second-order valence-corrected chi connectivity index (χ2v) is 7.63. The summed E-state index contributed by atoms with van der Waals surface area (Å²) in [7, 11) is 0. The summed E-state index contributed by atoms with van der Waals surface area (Å²) in [5, 5.41) is 4.23. The smallest absolute Gasteiger partial charge is 0.241 e. The number of piperidine rings is 1. The zero-order valence-corrected chi connectivity index (χ0v) is 16.4. The highest BCUT2D eigenvalue weighted by atomic mass is 35.5. The first-order valence-electron chi connectivity index (χ1n) is 9.19. The number of amides is 1. The van der Waals surface area contributed by atoms with Crippen LogP contribution in [0.15, 0.2) is 24.3 Å². The monoisotopic (exact) mass is 399 g/mol. The SMILES string of the molecule is Cl.O=C(C1NNC2CCNCC21)N1CCN(Cc2ccccc2Cl)CC1. The molecule has 1 aromatic rings. The number of nitrogens with zero attached hydrogens (tertiary/aromatic N) is 2. The first-order valence-corrected chi connectivity index (χ1v) is 9.56. The molecule has 6 nitrogen and oxygen atoms in total. The van der Waals surface area contributed by atoms with E-state index >= 15 is 0 Å². The Morgan fingerprint density at radius 3 is 2.69 bits per heavy atom. The van der Waals surface area contributed by atoms with Crippen molar-refractivity contribution in [3.63, 3.8) is 0 Å². The maximum Gasteiger partial charge on any atom is 0.241 e. The minimum Gasteiger partial charge on any atom is -0.339 e. The number of hydrogen-bond donors (Lipinski definition) is 3. The summed E-state index contributed by atoms with van der Waals surface area (Å²) in [4.78, 5) is 17.3. The Bertz CT molecular complexity index is 623. The molecule has 3 saturated heterocycles. The molecule has 0 bridgehead atoms. The first-order chi connectivity index (χ1) is 12.2. The maximum atomic E-state index is 12.9. The number of hydrogen-bond acceptors (Lipinski definition) is 5. The van der Waals surface area contributed by atoms with Crippen LogP contribution < -0.4 is 16.2 Å². The summed E-state index contributed by atoms with van der Waals surface area (Å²) in [6.07, 6.45) is 1.08. The van der Waals surface area contributed by atoms with Gasteiger partial charge in [0.15, 0.2) is 0 Å². The summed E-state index contributed by atoms with van der Waals surface area (Å²) >= 11 is 6.26. The molecule has 8 heteroatoms. The number of benzene rings is 1. The zero-order chi connectivity index (χ0) is 17.2. The Kier molecular flexibility index (Phi) is 6.77. The van der Waals surface area contributed by atoms with Crippen molar-refractivity contribution in [3.05, 3.63) is 34.9 Å². The van der Waals surface area contributed by atoms with Gasteiger partial charge in [-0.25, -0.2) is 5.43 Å². The van der Waals surface area contributed by atoms with Gasteiger partial charge in [0.1, 0.15) is 6.04 Å². The lowest BCUT2D eigenvalue weighted by molar-refractivity contribution is -0.136. The average Bonchev–Trinajstić information content (AvgIpc) is 3.08. The van der Waals surface area contributed by atoms with Gasteiger partial charge >= 0.3 is 0 Å². The molecule has 3 N–H and O–H groups in total. The molecule has 0 saturated carbocycles. The predicted octanol–water partition coefficient (Wildman–Crippen LogP) is 0.861. The van der Waals surface area contributed by atoms with Gasteiger partial charge in [-0.1, -0.05) is 29.8 Å². The number of fused-ring (bicyclic) bond motifs is 1. The van der Waals surface area contributed by atoms with Crippen molar-refractivity contribution in [3.8, 4) is 0 Å². The molecule has 26 heavy (non-hydrogen) atoms. The van der Waals surface area contributed by atoms with Crippen LogP contribution in [-0.4, -0.2) is 67.1 Å². The summed E-state index contributed by atoms with van der Waals surface area (Å²) < 4.78 is 0. The van der Waals surface area contributed by atoms with Gasteiger partial charge in [0, 0.05) is 56.3 Å². The predicted molar refractivity (Wildman–Crippen MR) is 105 cm³/mol. The lowest BCUT2D eigenvalue weighted by Gasteiger charge is -2.37. The molecule has 0 aromatic heterocycles. The average molecular weight is 400 g/mol. The van der Waals surface area contributed by atoms with Crippen molar-refractivity contribution in [2.24, 2.45) is 5.92 Å². The van der Waals surface area contributed by atoms with Crippen LogP contribution in [0.2, 0.25) is 5.02 Å². The molecule has 1 amide bonds. The lowest BCUT2D eigenvalue weighted by atomic mass is 9.89. The van der Waals surface area contributed by atoms with Crippen LogP contribution in [0.4, 0.5) is 0 Å². The van der Waals surface area contributed by atoms with Crippen molar-refractivity contribution in [2.45, 2.75) is 25.0 Å². The quantitative estimate of drug-likeness (QED) is 0.703. The largest absolute Gasteiger partial charge is 0.339 e. The lowest BCUT2D eigenvalue weighted by Crippen LogP contribution is -2.55. The fourth-order valence-corrected chi connectivity index (χ4v) is 4.35. The van der Waals surface area contributed by atoms with Crippen LogP contribution in [0.1, 0.15) is 12.0 Å². The number of halogens is 2. The Morgan fingerprint density at radius 2 is 1.92 bits per heavy atom. The van der Waals surface area contributed by atoms with Gasteiger partial charge in [0.25, 0.3) is 0 Å². The topological polar surface area (TPSA) is 59.6 Å². The van der Waals surface area contributed by atoms with E-state index < -0.39 is 0 Å². The molecule has 0 spiro atoms. The Morgan fingerprint density at radius 1 is 1.15 bits per heavy atom. The van der Waals surface area contributed by atoms with E-state index in [9.17, 15) is 4.79 Å². The second-order valence-electron chi connectivity index (χ2n) is 7.22. The molecule has 3 heterocycles. The van der Waals surface area contributed by atoms with Gasteiger partial charge in [-0.05, 0) is 24.6 Å². The Balaban J connectivity index is 0.00000196. The highest BCUT2D eigenvalue weighted by Gasteiger charge is 2.42. The first kappa shape index (κ1) is 19.9. The second kappa shape index (κ2) is 8.87. The fraction of sp³-hybridized carbons (Fsp3) is 0.611. The van der Waals surface area contributed by atoms with E-state index in [2.05, 4.69) is 27.1 Å². The summed E-state index contributed by atoms with van der Waals surface area (Å²) in [6.45, 7) is 6.13. The van der Waals surface area contributed by atoms with Crippen molar-refractivity contribution in [1.82, 2.24) is 26.0 Å². The van der Waals surface area contributed by atoms with Gasteiger partial charge in [0.05, 0.1) is 0 Å². The summed E-state index contributed by atoms with van der Waals surface area (Å²) in [6, 6.07) is 8.30. The van der Waals surface area contributed by atoms with Gasteiger partial charge in [-0.2, -0.15) is 0 Å². The standard InChI is InChI=1S/C18H26ClN5O.ClH/c19-15-4-2-1-3-13(15)12-23-7-9-24(10-8-23)18(25)17-14-11-20-6-5-16(14)21-22-17;/h1-4,14,16-17,20-22H,5-12H2;1H. The van der Waals surface area contributed by atoms with Crippen LogP contribution in [0.5, 0.6) is 0 Å². The molecule has 3 aliphatic heterocycles. The van der Waals surface area contributed by atoms with Crippen molar-refractivity contribution in [2.75, 3.05) is 39.3 Å². The minimum atomic E-state index is -0.104. The van der Waals surface area contributed by atoms with Gasteiger partial charge in [-0.3, -0.25) is 15.1 Å². The van der Waals surface area contributed by atoms with Crippen molar-refractivity contribution in [1.29, 1.82) is 0 Å². The molecule has 0 radical (unpaired) electrons. The molecule has 3 unspecified atom stereocenters. The highest BCUT2D eigenvalue weighted by molar-refractivity contribution is 6.31. The van der Waals surface area contributed by atoms with E-state index in [-0.39, 0.29) is 24.4 Å². The third kappa shape index (κ3) is 4.16. The number of rotatable bonds is 3. The van der Waals surface area contributed by atoms with E-state index in [1.54, 1.807) is 0 Å². The minimum absolute atomic E-state index is 0. The number of piperazine rings is 1. The van der Waals surface area contributed by atoms with Gasteiger partial charge < -0.3 is 10.2 Å². The Labute approximate surface area is 166 Å². The number of hydrazine groups is 1. The van der Waals surface area contributed by atoms with Crippen LogP contribution in [0, 0.1) is 5.92 Å². The normalized spacial score (nSPS) is 29.1. The number of nitrogens with one attached hydrogen (secondary N) is 3. The third-order valence-electron chi connectivity index (χ3n) is 5.68. The molecular weight excluding hydrogens is 373 g/mol. The van der Waals surface area contributed by atoms with E-state index in [1.165, 1.54) is 0 Å². The van der Waals surface area contributed by atoms with E-state index in [0.717, 1.165) is 62.8 Å². The van der Waals surface area contributed by atoms with Crippen molar-refractivity contribution >= 4 is 29.9 Å². The molecule has 144 valence electrons. The summed E-state index contributed by atoms with van der Waals surface area (Å²) in [5.41, 5.74) is 7.71. The maximum absolute atomic E-state index is 12.9. The molecule has 3 fully saturated rings. The zero-order valence-electron chi connectivity index (χ0n) is 14.8. The Hall–Kier alpha value is -0.890. The molecule has 3 aliphatic rings.